The SMILES string of the molecule is CCC1CCCCN1C(=O)c1cccc(Oc2ccccc2)c1. The fourth-order valence-corrected chi connectivity index (χ4v) is 3.18. The molecule has 2 aromatic rings. The van der Waals surface area contributed by atoms with Crippen molar-refractivity contribution in [1.82, 2.24) is 4.90 Å². The first-order valence-electron chi connectivity index (χ1n) is 8.42. The van der Waals surface area contributed by atoms with Gasteiger partial charge in [-0.15, -0.1) is 0 Å². The van der Waals surface area contributed by atoms with Crippen LogP contribution < -0.4 is 4.74 Å². The van der Waals surface area contributed by atoms with Crippen LogP contribution in [0.25, 0.3) is 0 Å². The van der Waals surface area contributed by atoms with E-state index in [9.17, 15) is 4.79 Å². The normalized spacial score (nSPS) is 17.8. The van der Waals surface area contributed by atoms with Gasteiger partial charge in [0.05, 0.1) is 0 Å². The van der Waals surface area contributed by atoms with Gasteiger partial charge < -0.3 is 9.64 Å². The highest BCUT2D eigenvalue weighted by Gasteiger charge is 2.26. The van der Waals surface area contributed by atoms with Crippen LogP contribution in [0.4, 0.5) is 0 Å². The van der Waals surface area contributed by atoms with Gasteiger partial charge in [0.25, 0.3) is 5.91 Å². The number of hydrogen-bond acceptors (Lipinski definition) is 2. The van der Waals surface area contributed by atoms with Gasteiger partial charge in [-0.25, -0.2) is 0 Å². The van der Waals surface area contributed by atoms with E-state index in [1.807, 2.05) is 59.5 Å². The zero-order valence-electron chi connectivity index (χ0n) is 13.6. The van der Waals surface area contributed by atoms with Gasteiger partial charge in [-0.3, -0.25) is 4.79 Å². The Morgan fingerprint density at radius 2 is 1.87 bits per heavy atom. The molecule has 1 aliphatic rings. The maximum atomic E-state index is 12.8. The van der Waals surface area contributed by atoms with Crippen LogP contribution in [0, 0.1) is 0 Å². The first kappa shape index (κ1) is 15.6. The highest BCUT2D eigenvalue weighted by Crippen LogP contribution is 2.25. The molecule has 1 saturated heterocycles. The highest BCUT2D eigenvalue weighted by molar-refractivity contribution is 5.94. The molecule has 23 heavy (non-hydrogen) atoms. The number of carbonyl (C=O) groups excluding carboxylic acids is 1. The number of hydrogen-bond donors (Lipinski definition) is 0. The van der Waals surface area contributed by atoms with E-state index in [1.165, 1.54) is 6.42 Å². The summed E-state index contributed by atoms with van der Waals surface area (Å²) < 4.78 is 5.84. The highest BCUT2D eigenvalue weighted by atomic mass is 16.5. The lowest BCUT2D eigenvalue weighted by Crippen LogP contribution is -2.43. The number of ether oxygens (including phenoxy) is 1. The number of amides is 1. The van der Waals surface area contributed by atoms with Gasteiger partial charge in [0.15, 0.2) is 0 Å². The van der Waals surface area contributed by atoms with E-state index in [1.54, 1.807) is 0 Å². The smallest absolute Gasteiger partial charge is 0.254 e. The van der Waals surface area contributed by atoms with Crippen LogP contribution in [0.5, 0.6) is 11.5 Å². The monoisotopic (exact) mass is 309 g/mol. The maximum Gasteiger partial charge on any atom is 0.254 e. The molecule has 0 spiro atoms. The van der Waals surface area contributed by atoms with E-state index in [4.69, 9.17) is 4.74 Å². The summed E-state index contributed by atoms with van der Waals surface area (Å²) in [5.74, 6) is 1.60. The number of carbonyl (C=O) groups is 1. The van der Waals surface area contributed by atoms with Crippen molar-refractivity contribution >= 4 is 5.91 Å². The molecule has 0 radical (unpaired) electrons. The fourth-order valence-electron chi connectivity index (χ4n) is 3.18. The Morgan fingerprint density at radius 1 is 1.09 bits per heavy atom. The molecule has 3 nitrogen and oxygen atoms in total. The van der Waals surface area contributed by atoms with E-state index < -0.39 is 0 Å². The van der Waals surface area contributed by atoms with Crippen molar-refractivity contribution in [1.29, 1.82) is 0 Å². The second kappa shape index (κ2) is 7.32. The number of nitrogens with zero attached hydrogens (tertiary/aromatic N) is 1. The zero-order valence-corrected chi connectivity index (χ0v) is 13.6. The summed E-state index contributed by atoms with van der Waals surface area (Å²) in [6.07, 6.45) is 4.45. The van der Waals surface area contributed by atoms with Gasteiger partial charge in [0.2, 0.25) is 0 Å². The van der Waals surface area contributed by atoms with Crippen LogP contribution in [0.2, 0.25) is 0 Å². The van der Waals surface area contributed by atoms with Crippen LogP contribution in [0.1, 0.15) is 43.0 Å². The summed E-state index contributed by atoms with van der Waals surface area (Å²) in [7, 11) is 0. The summed E-state index contributed by atoms with van der Waals surface area (Å²) >= 11 is 0. The number of rotatable bonds is 4. The average molecular weight is 309 g/mol. The lowest BCUT2D eigenvalue weighted by Gasteiger charge is -2.35. The predicted octanol–water partition coefficient (Wildman–Crippen LogP) is 4.88. The molecule has 0 aromatic heterocycles. The van der Waals surface area contributed by atoms with Crippen LogP contribution >= 0.6 is 0 Å². The zero-order chi connectivity index (χ0) is 16.1. The third-order valence-electron chi connectivity index (χ3n) is 4.42. The first-order chi connectivity index (χ1) is 11.3. The van der Waals surface area contributed by atoms with Crippen LogP contribution in [-0.2, 0) is 0 Å². The van der Waals surface area contributed by atoms with Crippen molar-refractivity contribution in [3.8, 4) is 11.5 Å². The van der Waals surface area contributed by atoms with Crippen LogP contribution in [0.15, 0.2) is 54.6 Å². The molecule has 1 amide bonds. The molecule has 0 saturated carbocycles. The Balaban J connectivity index is 1.77. The second-order valence-corrected chi connectivity index (χ2v) is 6.00. The first-order valence-corrected chi connectivity index (χ1v) is 8.42. The average Bonchev–Trinajstić information content (AvgIpc) is 2.62. The fraction of sp³-hybridized carbons (Fsp3) is 0.350. The van der Waals surface area contributed by atoms with Crippen molar-refractivity contribution in [3.63, 3.8) is 0 Å². The van der Waals surface area contributed by atoms with Crippen LogP contribution in [-0.4, -0.2) is 23.4 Å². The molecule has 1 heterocycles. The molecule has 3 rings (SSSR count). The largest absolute Gasteiger partial charge is 0.457 e. The van der Waals surface area contributed by atoms with Crippen molar-refractivity contribution < 1.29 is 9.53 Å². The van der Waals surface area contributed by atoms with Crippen molar-refractivity contribution in [3.05, 3.63) is 60.2 Å². The Bertz CT molecular complexity index is 654. The van der Waals surface area contributed by atoms with Crippen molar-refractivity contribution in [2.24, 2.45) is 0 Å². The van der Waals surface area contributed by atoms with Crippen LogP contribution in [0.3, 0.4) is 0 Å². The summed E-state index contributed by atoms with van der Waals surface area (Å²) in [6, 6.07) is 17.5. The molecule has 0 bridgehead atoms. The Morgan fingerprint density at radius 3 is 2.65 bits per heavy atom. The molecular weight excluding hydrogens is 286 g/mol. The third kappa shape index (κ3) is 3.73. The molecule has 0 aliphatic carbocycles. The van der Waals surface area contributed by atoms with E-state index in [2.05, 4.69) is 6.92 Å². The van der Waals surface area contributed by atoms with Gasteiger partial charge in [0.1, 0.15) is 11.5 Å². The topological polar surface area (TPSA) is 29.5 Å². The summed E-state index contributed by atoms with van der Waals surface area (Å²) in [6.45, 7) is 3.02. The van der Waals surface area contributed by atoms with E-state index >= 15 is 0 Å². The summed E-state index contributed by atoms with van der Waals surface area (Å²) in [5.41, 5.74) is 0.707. The quantitative estimate of drug-likeness (QED) is 0.805. The van der Waals surface area contributed by atoms with Gasteiger partial charge in [-0.2, -0.15) is 0 Å². The van der Waals surface area contributed by atoms with Crippen molar-refractivity contribution in [2.75, 3.05) is 6.54 Å². The van der Waals surface area contributed by atoms with Gasteiger partial charge in [0, 0.05) is 18.2 Å². The van der Waals surface area contributed by atoms with Gasteiger partial charge >= 0.3 is 0 Å². The Hall–Kier alpha value is -2.29. The minimum Gasteiger partial charge on any atom is -0.457 e. The Labute approximate surface area is 137 Å². The molecule has 1 unspecified atom stereocenters. The molecule has 2 aromatic carbocycles. The standard InChI is InChI=1S/C20H23NO2/c1-2-17-10-6-7-14-21(17)20(22)16-9-8-13-19(15-16)23-18-11-4-3-5-12-18/h3-5,8-9,11-13,15,17H,2,6-7,10,14H2,1H3. The van der Waals surface area contributed by atoms with Gasteiger partial charge in [-0.1, -0.05) is 31.2 Å². The second-order valence-electron chi connectivity index (χ2n) is 6.00. The lowest BCUT2D eigenvalue weighted by atomic mass is 9.99. The molecule has 120 valence electrons. The Kier molecular flexibility index (Phi) is 4.96. The minimum atomic E-state index is 0.120. The number of likely N-dealkylation sites (tertiary alicyclic amines) is 1. The molecule has 3 heteroatoms. The van der Waals surface area contributed by atoms with E-state index in [0.29, 0.717) is 17.4 Å². The van der Waals surface area contributed by atoms with Gasteiger partial charge in [-0.05, 0) is 56.0 Å². The number of para-hydroxylation sites is 1. The minimum absolute atomic E-state index is 0.120. The number of benzene rings is 2. The summed E-state index contributed by atoms with van der Waals surface area (Å²) in [5, 5.41) is 0. The maximum absolute atomic E-state index is 12.8. The summed E-state index contributed by atoms with van der Waals surface area (Å²) in [4.78, 5) is 14.9. The molecule has 0 N–H and O–H groups in total. The number of piperidine rings is 1. The van der Waals surface area contributed by atoms with Crippen molar-refractivity contribution in [2.45, 2.75) is 38.6 Å². The van der Waals surface area contributed by atoms with E-state index in [-0.39, 0.29) is 5.91 Å². The molecular formula is C20H23NO2. The third-order valence-corrected chi connectivity index (χ3v) is 4.42. The predicted molar refractivity (Wildman–Crippen MR) is 91.9 cm³/mol. The molecule has 1 atom stereocenters. The molecule has 1 fully saturated rings. The molecule has 1 aliphatic heterocycles. The lowest BCUT2D eigenvalue weighted by molar-refractivity contribution is 0.0607. The van der Waals surface area contributed by atoms with E-state index in [0.717, 1.165) is 31.6 Å².